The normalized spacial score (nSPS) is 12.4. The molecule has 14 aromatic carbocycles. The van der Waals surface area contributed by atoms with Gasteiger partial charge in [0.2, 0.25) is 0 Å². The van der Waals surface area contributed by atoms with Crippen LogP contribution in [0.3, 0.4) is 0 Å². The van der Waals surface area contributed by atoms with Crippen molar-refractivity contribution in [3.63, 3.8) is 0 Å². The van der Waals surface area contributed by atoms with Crippen LogP contribution in [0.2, 0.25) is 0 Å². The van der Waals surface area contributed by atoms with E-state index in [1.807, 2.05) is 95.6 Å². The van der Waals surface area contributed by atoms with E-state index in [1.165, 1.54) is 36.4 Å². The van der Waals surface area contributed by atoms with Gasteiger partial charge in [-0.05, 0) is 192 Å². The summed E-state index contributed by atoms with van der Waals surface area (Å²) < 4.78 is 93.6. The molecule has 0 fully saturated rings. The molecule has 0 amide bonds. The lowest BCUT2D eigenvalue weighted by atomic mass is 9.33. The molecular weight excluding hydrogens is 1250 g/mol. The van der Waals surface area contributed by atoms with Crippen molar-refractivity contribution in [3.8, 4) is 95.7 Å². The van der Waals surface area contributed by atoms with Gasteiger partial charge >= 0.3 is 12.4 Å². The van der Waals surface area contributed by atoms with E-state index in [0.29, 0.717) is 11.0 Å². The summed E-state index contributed by atoms with van der Waals surface area (Å²) in [6.45, 7) is -0.289. The molecule has 0 atom stereocenters. The van der Waals surface area contributed by atoms with E-state index >= 15 is 26.3 Å². The van der Waals surface area contributed by atoms with Gasteiger partial charge in [-0.25, -0.2) is 0 Å². The lowest BCUT2D eigenvalue weighted by Gasteiger charge is -2.44. The molecule has 17 rings (SSSR count). The summed E-state index contributed by atoms with van der Waals surface area (Å²) in [5, 5.41) is 21.1. The van der Waals surface area contributed by atoms with Crippen molar-refractivity contribution in [3.05, 3.63) is 338 Å². The molecule has 0 saturated carbocycles. The zero-order chi connectivity index (χ0) is 68.0. The molecule has 0 radical (unpaired) electrons. The summed E-state index contributed by atoms with van der Waals surface area (Å²) in [6, 6.07) is 105. The number of rotatable bonds is 10. The third-order valence-corrected chi connectivity index (χ3v) is 19.5. The van der Waals surface area contributed by atoms with Gasteiger partial charge in [-0.2, -0.15) is 36.9 Å². The van der Waals surface area contributed by atoms with Crippen molar-refractivity contribution in [1.29, 1.82) is 10.5 Å². The zero-order valence-corrected chi connectivity index (χ0v) is 53.1. The van der Waals surface area contributed by atoms with Crippen molar-refractivity contribution in [2.75, 3.05) is 9.80 Å². The molecule has 1 aromatic heterocycles. The molecule has 5 nitrogen and oxygen atoms in total. The highest BCUT2D eigenvalue weighted by atomic mass is 19.4. The molecule has 15 aromatic rings. The molecule has 0 N–H and O–H groups in total. The number of alkyl halides is 6. The Morgan fingerprint density at radius 2 is 0.670 bits per heavy atom. The van der Waals surface area contributed by atoms with E-state index in [-0.39, 0.29) is 45.8 Å². The standard InChI is InChI=1S/C88H52BF6N5/c90-87(91,92)75-45-55(53-96)25-39-70(75)66-34-42-80(73(48-66)71-40-26-56(54-97)46-76(71)88(93,94)95)100-79-24-14-13-23-72(79)74-47-63(31-41-81(74)100)67-51-84-86-85(52-67)99(69-37-29-62(30-38-69)58-17-7-2-8-18-58)83-44-33-65(60-21-11-4-12-22-60)50-78(83)89(86)77-49-64(59-19-9-3-10-20-59)32-43-82(77)98(84)68-35-27-61(28-36-68)57-15-5-1-6-16-57/h1-52H. The van der Waals surface area contributed by atoms with E-state index in [0.717, 1.165) is 129 Å². The van der Waals surface area contributed by atoms with Gasteiger partial charge in [0.15, 0.2) is 0 Å². The predicted octanol–water partition coefficient (Wildman–Crippen LogP) is 22.3. The van der Waals surface area contributed by atoms with Gasteiger partial charge in [0.1, 0.15) is 0 Å². The summed E-state index contributed by atoms with van der Waals surface area (Å²) in [6.07, 6.45) is -9.92. The average Bonchev–Trinajstić information content (AvgIpc) is 0.780. The Kier molecular flexibility index (Phi) is 14.6. The fourth-order valence-electron chi connectivity index (χ4n) is 14.9. The van der Waals surface area contributed by atoms with Crippen LogP contribution in [-0.4, -0.2) is 11.3 Å². The number of aromatic nitrogens is 1. The fourth-order valence-corrected chi connectivity index (χ4v) is 14.9. The van der Waals surface area contributed by atoms with Crippen molar-refractivity contribution < 1.29 is 26.3 Å². The van der Waals surface area contributed by atoms with Crippen LogP contribution in [0.25, 0.3) is 105 Å². The minimum absolute atomic E-state index is 0.0319. The Labute approximate surface area is 572 Å². The maximum atomic E-state index is 15.6. The first kappa shape index (κ1) is 60.7. The predicted molar refractivity (Wildman–Crippen MR) is 392 cm³/mol. The maximum absolute atomic E-state index is 15.6. The van der Waals surface area contributed by atoms with Crippen LogP contribution in [-0.2, 0) is 12.4 Å². The molecule has 12 heteroatoms. The molecular formula is C88H52BF6N5. The Bertz CT molecular complexity index is 5640. The third-order valence-electron chi connectivity index (χ3n) is 19.5. The molecule has 2 aliphatic rings. The lowest BCUT2D eigenvalue weighted by Crippen LogP contribution is -2.61. The molecule has 0 bridgehead atoms. The van der Waals surface area contributed by atoms with Crippen molar-refractivity contribution in [2.45, 2.75) is 12.4 Å². The van der Waals surface area contributed by atoms with Gasteiger partial charge in [0.25, 0.3) is 6.71 Å². The van der Waals surface area contributed by atoms with Crippen LogP contribution in [0, 0.1) is 22.7 Å². The molecule has 474 valence electrons. The molecule has 0 aliphatic carbocycles. The van der Waals surface area contributed by atoms with E-state index in [4.69, 9.17) is 0 Å². The van der Waals surface area contributed by atoms with E-state index in [1.54, 1.807) is 12.1 Å². The summed E-state index contributed by atoms with van der Waals surface area (Å²) in [7, 11) is 0. The minimum Gasteiger partial charge on any atom is -0.311 e. The topological polar surface area (TPSA) is 59.0 Å². The fraction of sp³-hybridized carbons (Fsp3) is 0.0227. The summed E-state index contributed by atoms with van der Waals surface area (Å²) in [5.74, 6) is 0. The van der Waals surface area contributed by atoms with Crippen LogP contribution in [0.15, 0.2) is 315 Å². The number of anilines is 6. The first-order chi connectivity index (χ1) is 48.8. The van der Waals surface area contributed by atoms with Crippen LogP contribution in [0.5, 0.6) is 0 Å². The van der Waals surface area contributed by atoms with Crippen LogP contribution in [0.4, 0.5) is 60.5 Å². The Hall–Kier alpha value is -12.9. The number of halogens is 6. The highest BCUT2D eigenvalue weighted by molar-refractivity contribution is 7.00. The molecule has 2 aliphatic heterocycles. The first-order valence-electron chi connectivity index (χ1n) is 32.7. The lowest BCUT2D eigenvalue weighted by molar-refractivity contribution is -0.137. The number of nitrogens with zero attached hydrogens (tertiary/aromatic N) is 5. The second kappa shape index (κ2) is 24.0. The van der Waals surface area contributed by atoms with Gasteiger partial charge in [0, 0.05) is 50.5 Å². The maximum Gasteiger partial charge on any atom is 0.417 e. The largest absolute Gasteiger partial charge is 0.417 e. The number of fused-ring (bicyclic) bond motifs is 7. The highest BCUT2D eigenvalue weighted by Crippen LogP contribution is 2.50. The van der Waals surface area contributed by atoms with E-state index < -0.39 is 23.5 Å². The minimum atomic E-state index is -4.99. The van der Waals surface area contributed by atoms with Gasteiger partial charge in [0.05, 0.1) is 51.1 Å². The smallest absolute Gasteiger partial charge is 0.311 e. The molecule has 0 unspecified atom stereocenters. The Balaban J connectivity index is 0.924. The van der Waals surface area contributed by atoms with Crippen molar-refractivity contribution >= 4 is 79.0 Å². The van der Waals surface area contributed by atoms with Crippen LogP contribution < -0.4 is 26.2 Å². The van der Waals surface area contributed by atoms with Crippen molar-refractivity contribution in [1.82, 2.24) is 4.57 Å². The van der Waals surface area contributed by atoms with Crippen LogP contribution >= 0.6 is 0 Å². The second-order valence-corrected chi connectivity index (χ2v) is 25.2. The summed E-state index contributed by atoms with van der Waals surface area (Å²) in [5.41, 5.74) is 17.5. The number of para-hydroxylation sites is 1. The highest BCUT2D eigenvalue weighted by Gasteiger charge is 2.45. The van der Waals surface area contributed by atoms with Crippen LogP contribution in [0.1, 0.15) is 22.3 Å². The van der Waals surface area contributed by atoms with Gasteiger partial charge < -0.3 is 14.4 Å². The van der Waals surface area contributed by atoms with Gasteiger partial charge in [-0.15, -0.1) is 0 Å². The molecule has 0 spiro atoms. The van der Waals surface area contributed by atoms with E-state index in [2.05, 4.69) is 186 Å². The summed E-state index contributed by atoms with van der Waals surface area (Å²) >= 11 is 0. The van der Waals surface area contributed by atoms with E-state index in [9.17, 15) is 10.5 Å². The molecule has 3 heterocycles. The summed E-state index contributed by atoms with van der Waals surface area (Å²) in [4.78, 5) is 4.79. The number of hydrogen-bond donors (Lipinski definition) is 0. The number of benzene rings is 14. The van der Waals surface area contributed by atoms with Gasteiger partial charge in [-0.1, -0.05) is 212 Å². The zero-order valence-electron chi connectivity index (χ0n) is 53.1. The SMILES string of the molecule is N#Cc1ccc(-c2ccc(-n3c4ccccc4c4cc(-c5cc6c7c(c5)N(c5ccc(-c8ccccc8)cc5)c5ccc(-c8ccccc8)cc5B7c5cc(-c7ccccc7)ccc5N6c5ccc(-c6ccccc6)cc5)ccc43)c(-c3ccc(C#N)cc3C(F)(F)F)c2)c(C(F)(F)F)c1. The molecule has 0 saturated heterocycles. The van der Waals surface area contributed by atoms with Crippen molar-refractivity contribution in [2.24, 2.45) is 0 Å². The Morgan fingerprint density at radius 3 is 1.16 bits per heavy atom. The third kappa shape index (κ3) is 10.4. The first-order valence-corrected chi connectivity index (χ1v) is 32.7. The average molecular weight is 1300 g/mol. The monoisotopic (exact) mass is 1300 g/mol. The van der Waals surface area contributed by atoms with Gasteiger partial charge in [-0.3, -0.25) is 0 Å². The molecule has 100 heavy (non-hydrogen) atoms. The second-order valence-electron chi connectivity index (χ2n) is 25.2. The quantitative estimate of drug-likeness (QED) is 0.101. The number of nitriles is 2. The number of hydrogen-bond acceptors (Lipinski definition) is 4. The Morgan fingerprint density at radius 1 is 0.280 bits per heavy atom.